The van der Waals surface area contributed by atoms with Crippen molar-refractivity contribution >= 4 is 0 Å². The summed E-state index contributed by atoms with van der Waals surface area (Å²) in [6.07, 6.45) is 11.1. The average Bonchev–Trinajstić information content (AvgIpc) is 2.55. The largest absolute Gasteiger partial charge is 0.314 e. The molecular weight excluding hydrogens is 258 g/mol. The van der Waals surface area contributed by atoms with Crippen molar-refractivity contribution in [2.45, 2.75) is 83.3 Å². The molecule has 4 atom stereocenters. The standard InChI is InChI=1S/C18H37N3/c1-4-15(2)21(3)14-13-20-18-10-6-5-9-16(18)17-11-7-8-12-19-17/h15-20H,4-14H2,1-3H3. The van der Waals surface area contributed by atoms with Crippen molar-refractivity contribution in [3.8, 4) is 0 Å². The van der Waals surface area contributed by atoms with Crippen LogP contribution in [0.5, 0.6) is 0 Å². The predicted octanol–water partition coefficient (Wildman–Crippen LogP) is 3.01. The molecule has 21 heavy (non-hydrogen) atoms. The molecular formula is C18H37N3. The highest BCUT2D eigenvalue weighted by atomic mass is 15.1. The number of hydrogen-bond acceptors (Lipinski definition) is 3. The van der Waals surface area contributed by atoms with Crippen molar-refractivity contribution in [3.05, 3.63) is 0 Å². The van der Waals surface area contributed by atoms with E-state index in [2.05, 4.69) is 36.4 Å². The van der Waals surface area contributed by atoms with Crippen LogP contribution in [0, 0.1) is 5.92 Å². The van der Waals surface area contributed by atoms with E-state index in [0.29, 0.717) is 6.04 Å². The summed E-state index contributed by atoms with van der Waals surface area (Å²) in [4.78, 5) is 2.49. The number of likely N-dealkylation sites (N-methyl/N-ethyl adjacent to an activating group) is 1. The molecule has 0 bridgehead atoms. The van der Waals surface area contributed by atoms with Crippen LogP contribution in [0.25, 0.3) is 0 Å². The topological polar surface area (TPSA) is 27.3 Å². The average molecular weight is 296 g/mol. The highest BCUT2D eigenvalue weighted by Crippen LogP contribution is 2.30. The van der Waals surface area contributed by atoms with Crippen LogP contribution >= 0.6 is 0 Å². The smallest absolute Gasteiger partial charge is 0.0111 e. The Morgan fingerprint density at radius 1 is 1.14 bits per heavy atom. The number of rotatable bonds is 7. The van der Waals surface area contributed by atoms with Crippen LogP contribution in [0.3, 0.4) is 0 Å². The van der Waals surface area contributed by atoms with Crippen molar-refractivity contribution < 1.29 is 0 Å². The lowest BCUT2D eigenvalue weighted by atomic mass is 9.77. The summed E-state index contributed by atoms with van der Waals surface area (Å²) < 4.78 is 0. The SMILES string of the molecule is CCC(C)N(C)CCNC1CCCCC1C1CCCCN1. The van der Waals surface area contributed by atoms with E-state index < -0.39 is 0 Å². The van der Waals surface area contributed by atoms with Crippen molar-refractivity contribution in [1.82, 2.24) is 15.5 Å². The zero-order valence-corrected chi connectivity index (χ0v) is 14.5. The lowest BCUT2D eigenvalue weighted by Crippen LogP contribution is -2.51. The second kappa shape index (κ2) is 9.12. The van der Waals surface area contributed by atoms with Gasteiger partial charge in [-0.15, -0.1) is 0 Å². The van der Waals surface area contributed by atoms with Gasteiger partial charge in [0, 0.05) is 31.2 Å². The van der Waals surface area contributed by atoms with Gasteiger partial charge in [0.15, 0.2) is 0 Å². The molecule has 0 aromatic rings. The van der Waals surface area contributed by atoms with E-state index in [4.69, 9.17) is 0 Å². The third kappa shape index (κ3) is 5.22. The monoisotopic (exact) mass is 295 g/mol. The fraction of sp³-hybridized carbons (Fsp3) is 1.00. The molecule has 124 valence electrons. The molecule has 0 aromatic heterocycles. The van der Waals surface area contributed by atoms with E-state index in [1.807, 2.05) is 0 Å². The Hall–Kier alpha value is -0.120. The molecule has 2 rings (SSSR count). The summed E-state index contributed by atoms with van der Waals surface area (Å²) in [6.45, 7) is 8.17. The maximum atomic E-state index is 3.90. The van der Waals surface area contributed by atoms with Gasteiger partial charge in [-0.1, -0.05) is 26.2 Å². The highest BCUT2D eigenvalue weighted by molar-refractivity contribution is 4.90. The second-order valence-electron chi connectivity index (χ2n) is 7.30. The third-order valence-corrected chi connectivity index (χ3v) is 5.90. The normalized spacial score (nSPS) is 32.3. The maximum Gasteiger partial charge on any atom is 0.0111 e. The fourth-order valence-corrected chi connectivity index (χ4v) is 4.10. The van der Waals surface area contributed by atoms with Crippen LogP contribution in [-0.4, -0.2) is 49.7 Å². The molecule has 1 aliphatic heterocycles. The number of nitrogens with zero attached hydrogens (tertiary/aromatic N) is 1. The predicted molar refractivity (Wildman–Crippen MR) is 91.8 cm³/mol. The molecule has 3 nitrogen and oxygen atoms in total. The first-order valence-corrected chi connectivity index (χ1v) is 9.39. The van der Waals surface area contributed by atoms with Crippen LogP contribution in [0.15, 0.2) is 0 Å². The molecule has 4 unspecified atom stereocenters. The van der Waals surface area contributed by atoms with Crippen LogP contribution in [-0.2, 0) is 0 Å². The lowest BCUT2D eigenvalue weighted by molar-refractivity contribution is 0.173. The van der Waals surface area contributed by atoms with E-state index in [1.54, 1.807) is 0 Å². The lowest BCUT2D eigenvalue weighted by Gasteiger charge is -2.40. The maximum absolute atomic E-state index is 3.90. The van der Waals surface area contributed by atoms with Gasteiger partial charge in [-0.05, 0) is 58.5 Å². The zero-order chi connectivity index (χ0) is 15.1. The Labute approximate surface area is 132 Å². The van der Waals surface area contributed by atoms with Crippen LogP contribution < -0.4 is 10.6 Å². The number of piperidine rings is 1. The molecule has 0 aromatic carbocycles. The van der Waals surface area contributed by atoms with E-state index in [-0.39, 0.29) is 0 Å². The van der Waals surface area contributed by atoms with Crippen LogP contribution in [0.4, 0.5) is 0 Å². The van der Waals surface area contributed by atoms with E-state index in [1.165, 1.54) is 64.5 Å². The zero-order valence-electron chi connectivity index (χ0n) is 14.5. The van der Waals surface area contributed by atoms with Gasteiger partial charge in [0.1, 0.15) is 0 Å². The fourth-order valence-electron chi connectivity index (χ4n) is 4.10. The van der Waals surface area contributed by atoms with Gasteiger partial charge in [0.2, 0.25) is 0 Å². The van der Waals surface area contributed by atoms with Crippen LogP contribution in [0.2, 0.25) is 0 Å². The Morgan fingerprint density at radius 2 is 1.90 bits per heavy atom. The summed E-state index contributed by atoms with van der Waals surface area (Å²) in [5.74, 6) is 0.868. The first-order valence-electron chi connectivity index (χ1n) is 9.39. The third-order valence-electron chi connectivity index (χ3n) is 5.90. The van der Waals surface area contributed by atoms with Crippen molar-refractivity contribution in [1.29, 1.82) is 0 Å². The van der Waals surface area contributed by atoms with Gasteiger partial charge >= 0.3 is 0 Å². The number of hydrogen-bond donors (Lipinski definition) is 2. The van der Waals surface area contributed by atoms with Gasteiger partial charge in [0.25, 0.3) is 0 Å². The van der Waals surface area contributed by atoms with E-state index in [9.17, 15) is 0 Å². The molecule has 3 heteroatoms. The number of nitrogens with one attached hydrogen (secondary N) is 2. The Kier molecular flexibility index (Phi) is 7.48. The highest BCUT2D eigenvalue weighted by Gasteiger charge is 2.32. The molecule has 1 aliphatic carbocycles. The summed E-state index contributed by atoms with van der Waals surface area (Å²) in [5.41, 5.74) is 0. The Balaban J connectivity index is 1.76. The molecule has 0 radical (unpaired) electrons. The second-order valence-corrected chi connectivity index (χ2v) is 7.30. The summed E-state index contributed by atoms with van der Waals surface area (Å²) >= 11 is 0. The summed E-state index contributed by atoms with van der Waals surface area (Å²) in [7, 11) is 2.26. The minimum absolute atomic E-state index is 0.703. The first-order chi connectivity index (χ1) is 10.2. The quantitative estimate of drug-likeness (QED) is 0.756. The van der Waals surface area contributed by atoms with Crippen LogP contribution in [0.1, 0.15) is 65.2 Å². The molecule has 2 aliphatic rings. The minimum Gasteiger partial charge on any atom is -0.314 e. The Morgan fingerprint density at radius 3 is 2.62 bits per heavy atom. The molecule has 2 fully saturated rings. The minimum atomic E-state index is 0.703. The first kappa shape index (κ1) is 17.2. The van der Waals surface area contributed by atoms with Crippen molar-refractivity contribution in [2.24, 2.45) is 5.92 Å². The molecule has 1 saturated carbocycles. The molecule has 2 N–H and O–H groups in total. The van der Waals surface area contributed by atoms with E-state index in [0.717, 1.165) is 24.5 Å². The van der Waals surface area contributed by atoms with Crippen molar-refractivity contribution in [2.75, 3.05) is 26.7 Å². The van der Waals surface area contributed by atoms with Gasteiger partial charge in [-0.3, -0.25) is 0 Å². The molecule has 0 amide bonds. The van der Waals surface area contributed by atoms with Gasteiger partial charge < -0.3 is 15.5 Å². The van der Waals surface area contributed by atoms with Gasteiger partial charge in [-0.25, -0.2) is 0 Å². The summed E-state index contributed by atoms with van der Waals surface area (Å²) in [6, 6.07) is 2.23. The van der Waals surface area contributed by atoms with Gasteiger partial charge in [0.05, 0.1) is 0 Å². The van der Waals surface area contributed by atoms with E-state index >= 15 is 0 Å². The Bertz CT molecular complexity index is 276. The molecule has 0 spiro atoms. The summed E-state index contributed by atoms with van der Waals surface area (Å²) in [5, 5.41) is 7.69. The molecule has 1 heterocycles. The van der Waals surface area contributed by atoms with Crippen molar-refractivity contribution in [3.63, 3.8) is 0 Å². The van der Waals surface area contributed by atoms with Gasteiger partial charge in [-0.2, -0.15) is 0 Å². The molecule has 1 saturated heterocycles.